The van der Waals surface area contributed by atoms with Gasteiger partial charge in [0, 0.05) is 5.41 Å². The minimum absolute atomic E-state index is 0.0116. The van der Waals surface area contributed by atoms with Crippen molar-refractivity contribution in [2.75, 3.05) is 6.61 Å². The molecule has 2 fully saturated rings. The van der Waals surface area contributed by atoms with Gasteiger partial charge in [-0.1, -0.05) is 33.3 Å². The summed E-state index contributed by atoms with van der Waals surface area (Å²) in [7, 11) is 0. The van der Waals surface area contributed by atoms with Gasteiger partial charge in [0.05, 0.1) is 24.9 Å². The molecule has 130 valence electrons. The molecule has 0 aromatic carbocycles. The van der Waals surface area contributed by atoms with Gasteiger partial charge in [-0.2, -0.15) is 0 Å². The zero-order valence-corrected chi connectivity index (χ0v) is 15.1. The van der Waals surface area contributed by atoms with Crippen molar-refractivity contribution in [3.05, 3.63) is 11.1 Å². The molecule has 1 aliphatic heterocycles. The van der Waals surface area contributed by atoms with Crippen molar-refractivity contribution in [2.24, 2.45) is 22.2 Å². The van der Waals surface area contributed by atoms with Crippen molar-refractivity contribution < 1.29 is 14.9 Å². The van der Waals surface area contributed by atoms with Gasteiger partial charge in [0.1, 0.15) is 0 Å². The summed E-state index contributed by atoms with van der Waals surface area (Å²) in [6.07, 6.45) is 5.97. The van der Waals surface area contributed by atoms with E-state index in [-0.39, 0.29) is 34.6 Å². The second-order valence-electron chi connectivity index (χ2n) is 9.62. The zero-order valence-electron chi connectivity index (χ0n) is 15.1. The predicted octanol–water partition coefficient (Wildman–Crippen LogP) is 3.44. The second-order valence-corrected chi connectivity index (χ2v) is 9.62. The first-order valence-electron chi connectivity index (χ1n) is 9.41. The molecule has 1 heterocycles. The van der Waals surface area contributed by atoms with E-state index >= 15 is 0 Å². The molecule has 2 N–H and O–H groups in total. The zero-order chi connectivity index (χ0) is 16.6. The van der Waals surface area contributed by atoms with Gasteiger partial charge in [-0.3, -0.25) is 0 Å². The van der Waals surface area contributed by atoms with E-state index in [0.29, 0.717) is 12.5 Å². The van der Waals surface area contributed by atoms with Crippen LogP contribution in [0.2, 0.25) is 0 Å². The summed E-state index contributed by atoms with van der Waals surface area (Å²) in [6.45, 7) is 9.65. The fourth-order valence-electron chi connectivity index (χ4n) is 6.57. The Bertz CT molecular complexity index is 551. The van der Waals surface area contributed by atoms with Gasteiger partial charge in [0.15, 0.2) is 0 Å². The smallest absolute Gasteiger partial charge is 0.0868 e. The van der Waals surface area contributed by atoms with Crippen molar-refractivity contribution in [1.29, 1.82) is 0 Å². The molecule has 0 bridgehead atoms. The van der Waals surface area contributed by atoms with E-state index in [4.69, 9.17) is 4.74 Å². The molecule has 3 heteroatoms. The minimum atomic E-state index is -0.323. The molecule has 4 rings (SSSR count). The summed E-state index contributed by atoms with van der Waals surface area (Å²) in [4.78, 5) is 0. The summed E-state index contributed by atoms with van der Waals surface area (Å²) in [5, 5.41) is 20.9. The summed E-state index contributed by atoms with van der Waals surface area (Å²) < 4.78 is 6.08. The second kappa shape index (κ2) is 4.83. The van der Waals surface area contributed by atoms with Gasteiger partial charge in [-0.25, -0.2) is 0 Å². The Labute approximate surface area is 140 Å². The molecule has 0 amide bonds. The number of rotatable bonds is 0. The van der Waals surface area contributed by atoms with E-state index in [9.17, 15) is 10.2 Å². The van der Waals surface area contributed by atoms with Crippen LogP contribution in [-0.2, 0) is 4.74 Å². The molecule has 3 nitrogen and oxygen atoms in total. The average Bonchev–Trinajstić information content (AvgIpc) is 2.79. The van der Waals surface area contributed by atoms with E-state index in [1.807, 2.05) is 0 Å². The van der Waals surface area contributed by atoms with Crippen molar-refractivity contribution in [3.8, 4) is 0 Å². The number of hydrogen-bond acceptors (Lipinski definition) is 3. The highest BCUT2D eigenvalue weighted by Gasteiger charge is 2.59. The third kappa shape index (κ3) is 1.93. The summed E-state index contributed by atoms with van der Waals surface area (Å²) in [6, 6.07) is 0. The van der Waals surface area contributed by atoms with Gasteiger partial charge < -0.3 is 14.9 Å². The Morgan fingerprint density at radius 3 is 2.43 bits per heavy atom. The first-order chi connectivity index (χ1) is 10.7. The summed E-state index contributed by atoms with van der Waals surface area (Å²) in [5.74, 6) is 0.549. The van der Waals surface area contributed by atoms with Gasteiger partial charge in [-0.05, 0) is 60.8 Å². The monoisotopic (exact) mass is 320 g/mol. The molecule has 0 aromatic rings. The Kier molecular flexibility index (Phi) is 3.38. The van der Waals surface area contributed by atoms with Crippen LogP contribution in [0.4, 0.5) is 0 Å². The molecule has 0 unspecified atom stereocenters. The van der Waals surface area contributed by atoms with Gasteiger partial charge in [0.25, 0.3) is 0 Å². The number of aliphatic hydroxyl groups is 2. The molecule has 23 heavy (non-hydrogen) atoms. The molecule has 0 spiro atoms. The maximum Gasteiger partial charge on any atom is 0.0868 e. The standard InChI is InChI=1S/C20H32O3/c1-18(2)14-6-5-12-13(19(14,3)10-8-15(18)21)7-9-20(4)16(22)11-23-17(12)20/h14-17,21-22H,5-11H2,1-4H3/t14-,15+,16-,17+,19+,20-/m0/s1. The lowest BCUT2D eigenvalue weighted by Crippen LogP contribution is -2.54. The lowest BCUT2D eigenvalue weighted by atomic mass is 9.47. The van der Waals surface area contributed by atoms with Crippen molar-refractivity contribution >= 4 is 0 Å². The van der Waals surface area contributed by atoms with Crippen LogP contribution in [0.25, 0.3) is 0 Å². The normalized spacial score (nSPS) is 51.9. The third-order valence-electron chi connectivity index (χ3n) is 8.25. The Morgan fingerprint density at radius 2 is 1.70 bits per heavy atom. The number of ether oxygens (including phenoxy) is 1. The molecule has 1 saturated heterocycles. The fraction of sp³-hybridized carbons (Fsp3) is 0.900. The average molecular weight is 320 g/mol. The number of fused-ring (bicyclic) bond motifs is 4. The van der Waals surface area contributed by atoms with Gasteiger partial charge >= 0.3 is 0 Å². The Balaban J connectivity index is 1.77. The van der Waals surface area contributed by atoms with Crippen molar-refractivity contribution in [1.82, 2.24) is 0 Å². The van der Waals surface area contributed by atoms with Crippen LogP contribution in [0.1, 0.15) is 66.2 Å². The number of aliphatic hydroxyl groups excluding tert-OH is 2. The maximum atomic E-state index is 10.5. The quantitative estimate of drug-likeness (QED) is 0.672. The molecule has 0 aromatic heterocycles. The molecule has 6 atom stereocenters. The number of hydrogen-bond donors (Lipinski definition) is 2. The van der Waals surface area contributed by atoms with E-state index in [1.54, 1.807) is 5.57 Å². The van der Waals surface area contributed by atoms with Gasteiger partial charge in [-0.15, -0.1) is 0 Å². The van der Waals surface area contributed by atoms with E-state index < -0.39 is 0 Å². The lowest BCUT2D eigenvalue weighted by molar-refractivity contribution is -0.0948. The highest BCUT2D eigenvalue weighted by atomic mass is 16.5. The van der Waals surface area contributed by atoms with Crippen molar-refractivity contribution in [3.63, 3.8) is 0 Å². The highest BCUT2D eigenvalue weighted by Crippen LogP contribution is 2.64. The SMILES string of the molecule is CC1(C)[C@H](O)CC[C@]2(C)C3=C(CC[C@@H]12)[C@H]1OC[C@H](O)[C@]1(C)CC3. The number of allylic oxidation sites excluding steroid dienone is 1. The lowest BCUT2D eigenvalue weighted by Gasteiger charge is -2.59. The molecule has 4 aliphatic rings. The van der Waals surface area contributed by atoms with Crippen LogP contribution in [0, 0.1) is 22.2 Å². The first-order valence-corrected chi connectivity index (χ1v) is 9.41. The highest BCUT2D eigenvalue weighted by molar-refractivity contribution is 5.36. The van der Waals surface area contributed by atoms with Crippen LogP contribution < -0.4 is 0 Å². The Morgan fingerprint density at radius 1 is 0.957 bits per heavy atom. The Hall–Kier alpha value is -0.380. The van der Waals surface area contributed by atoms with E-state index in [1.165, 1.54) is 5.57 Å². The molecule has 0 radical (unpaired) electrons. The summed E-state index contributed by atoms with van der Waals surface area (Å²) >= 11 is 0. The molecule has 1 saturated carbocycles. The fourth-order valence-corrected chi connectivity index (χ4v) is 6.57. The molecular weight excluding hydrogens is 288 g/mol. The maximum absolute atomic E-state index is 10.5. The van der Waals surface area contributed by atoms with Crippen LogP contribution >= 0.6 is 0 Å². The first kappa shape index (κ1) is 16.1. The van der Waals surface area contributed by atoms with Crippen LogP contribution in [0.3, 0.4) is 0 Å². The third-order valence-corrected chi connectivity index (χ3v) is 8.25. The van der Waals surface area contributed by atoms with Crippen molar-refractivity contribution in [2.45, 2.75) is 84.5 Å². The molecule has 3 aliphatic carbocycles. The van der Waals surface area contributed by atoms with Gasteiger partial charge in [0.2, 0.25) is 0 Å². The predicted molar refractivity (Wildman–Crippen MR) is 90.0 cm³/mol. The van der Waals surface area contributed by atoms with E-state index in [0.717, 1.165) is 38.5 Å². The van der Waals surface area contributed by atoms with E-state index in [2.05, 4.69) is 27.7 Å². The van der Waals surface area contributed by atoms with Crippen LogP contribution in [-0.4, -0.2) is 35.1 Å². The topological polar surface area (TPSA) is 49.7 Å². The van der Waals surface area contributed by atoms with Crippen LogP contribution in [0.15, 0.2) is 11.1 Å². The summed E-state index contributed by atoms with van der Waals surface area (Å²) in [5.41, 5.74) is 3.22. The van der Waals surface area contributed by atoms with Crippen LogP contribution in [0.5, 0.6) is 0 Å². The minimum Gasteiger partial charge on any atom is -0.393 e. The molecular formula is C20H32O3. The largest absolute Gasteiger partial charge is 0.393 e.